The van der Waals surface area contributed by atoms with Crippen LogP contribution in [0.2, 0.25) is 0 Å². The van der Waals surface area contributed by atoms with E-state index in [2.05, 4.69) is 76.5 Å². The number of aryl methyl sites for hydroxylation is 1. The van der Waals surface area contributed by atoms with E-state index in [4.69, 9.17) is 0 Å². The van der Waals surface area contributed by atoms with Crippen LogP contribution in [-0.2, 0) is 17.8 Å². The maximum Gasteiger partial charge on any atom is 0.175 e. The predicted octanol–water partition coefficient (Wildman–Crippen LogP) is 3.88. The van der Waals surface area contributed by atoms with Crippen LogP contribution in [0.25, 0.3) is 0 Å². The third kappa shape index (κ3) is 5.45. The van der Waals surface area contributed by atoms with Gasteiger partial charge in [0.1, 0.15) is 5.84 Å². The molecule has 5 heteroatoms. The van der Waals surface area contributed by atoms with Crippen molar-refractivity contribution in [2.75, 3.05) is 39.3 Å². The summed E-state index contributed by atoms with van der Waals surface area (Å²) in [4.78, 5) is 22.7. The number of carbonyl (C=O) groups is 1. The summed E-state index contributed by atoms with van der Waals surface area (Å²) in [5.74, 6) is 1.26. The maximum atomic E-state index is 13.4. The molecule has 3 aliphatic rings. The zero-order chi connectivity index (χ0) is 22.3. The lowest BCUT2D eigenvalue weighted by atomic mass is 9.98. The van der Waals surface area contributed by atoms with E-state index in [9.17, 15) is 4.79 Å². The summed E-state index contributed by atoms with van der Waals surface area (Å²) < 4.78 is 0. The molecule has 2 heterocycles. The van der Waals surface area contributed by atoms with Crippen LogP contribution in [0, 0.1) is 0 Å². The van der Waals surface area contributed by atoms with Crippen molar-refractivity contribution in [2.45, 2.75) is 46.1 Å². The fourth-order valence-corrected chi connectivity index (χ4v) is 4.92. The minimum Gasteiger partial charge on any atom is -0.332 e. The molecule has 1 aromatic carbocycles. The number of nitrogens with one attached hydrogen (secondary N) is 1. The number of rotatable bonds is 9. The molecule has 0 aromatic heterocycles. The Kier molecular flexibility index (Phi) is 7.72. The number of hydrogen-bond acceptors (Lipinski definition) is 5. The predicted molar refractivity (Wildman–Crippen MR) is 132 cm³/mol. The van der Waals surface area contributed by atoms with Gasteiger partial charge in [-0.05, 0) is 42.9 Å². The van der Waals surface area contributed by atoms with Crippen molar-refractivity contribution in [2.24, 2.45) is 4.99 Å². The fraction of sp³-hybridized carbons (Fsp3) is 0.481. The van der Waals surface area contributed by atoms with Crippen LogP contribution in [0.1, 0.15) is 44.2 Å². The number of benzene rings is 1. The second kappa shape index (κ2) is 10.9. The summed E-state index contributed by atoms with van der Waals surface area (Å²) in [6, 6.07) is 8.47. The van der Waals surface area contributed by atoms with Crippen LogP contribution in [0.15, 0.2) is 64.3 Å². The van der Waals surface area contributed by atoms with Crippen molar-refractivity contribution in [3.63, 3.8) is 0 Å². The number of aliphatic imine (C=N–C) groups is 1. The highest BCUT2D eigenvalue weighted by atomic mass is 16.1. The molecule has 32 heavy (non-hydrogen) atoms. The summed E-state index contributed by atoms with van der Waals surface area (Å²) >= 11 is 0. The van der Waals surface area contributed by atoms with E-state index in [0.29, 0.717) is 6.54 Å². The van der Waals surface area contributed by atoms with E-state index in [0.717, 1.165) is 76.4 Å². The van der Waals surface area contributed by atoms with Gasteiger partial charge in [-0.2, -0.15) is 0 Å². The van der Waals surface area contributed by atoms with Gasteiger partial charge in [-0.3, -0.25) is 14.7 Å². The van der Waals surface area contributed by atoms with Crippen LogP contribution in [0.3, 0.4) is 0 Å². The van der Waals surface area contributed by atoms with Crippen molar-refractivity contribution < 1.29 is 4.79 Å². The first kappa shape index (κ1) is 22.7. The Morgan fingerprint density at radius 1 is 1.16 bits per heavy atom. The first-order valence-electron chi connectivity index (χ1n) is 12.0. The molecule has 4 rings (SSSR count). The highest BCUT2D eigenvalue weighted by Crippen LogP contribution is 2.26. The summed E-state index contributed by atoms with van der Waals surface area (Å²) in [5.41, 5.74) is 6.15. The second-order valence-electron chi connectivity index (χ2n) is 8.87. The molecule has 1 aromatic rings. The monoisotopic (exact) mass is 432 g/mol. The van der Waals surface area contributed by atoms with Gasteiger partial charge in [0, 0.05) is 50.4 Å². The Hall–Kier alpha value is -2.50. The van der Waals surface area contributed by atoms with Crippen LogP contribution < -0.4 is 5.32 Å². The SMILES string of the molecule is CCc1ccccc1CNCC(=O)C1=C(N2CCN=C2C)CCN(CC2=CCCC=C2)C1. The van der Waals surface area contributed by atoms with Crippen LogP contribution in [-0.4, -0.2) is 60.7 Å². The van der Waals surface area contributed by atoms with Gasteiger partial charge in [-0.25, -0.2) is 0 Å². The number of ketones is 1. The summed E-state index contributed by atoms with van der Waals surface area (Å²) in [7, 11) is 0. The van der Waals surface area contributed by atoms with Crippen molar-refractivity contribution >= 4 is 11.6 Å². The lowest BCUT2D eigenvalue weighted by molar-refractivity contribution is -0.115. The fourth-order valence-electron chi connectivity index (χ4n) is 4.92. The smallest absolute Gasteiger partial charge is 0.175 e. The van der Waals surface area contributed by atoms with Crippen LogP contribution >= 0.6 is 0 Å². The van der Waals surface area contributed by atoms with Gasteiger partial charge in [-0.15, -0.1) is 0 Å². The van der Waals surface area contributed by atoms with E-state index < -0.39 is 0 Å². The molecule has 0 saturated carbocycles. The van der Waals surface area contributed by atoms with Gasteiger partial charge in [0.05, 0.1) is 13.1 Å². The van der Waals surface area contributed by atoms with Gasteiger partial charge < -0.3 is 10.2 Å². The molecule has 2 aliphatic heterocycles. The Balaban J connectivity index is 1.45. The van der Waals surface area contributed by atoms with Crippen molar-refractivity contribution in [1.29, 1.82) is 0 Å². The van der Waals surface area contributed by atoms with Gasteiger partial charge in [0.15, 0.2) is 5.78 Å². The standard InChI is InChI=1S/C27H36N4O/c1-3-23-11-7-8-12-24(23)17-28-18-27(32)25-20-30(19-22-9-5-4-6-10-22)15-13-26(25)31-16-14-29-21(31)2/h5,7-12,28H,3-4,6,13-20H2,1-2H3. The van der Waals surface area contributed by atoms with E-state index in [-0.39, 0.29) is 5.78 Å². The van der Waals surface area contributed by atoms with E-state index >= 15 is 0 Å². The van der Waals surface area contributed by atoms with Crippen molar-refractivity contribution in [3.05, 3.63) is 70.5 Å². The first-order chi connectivity index (χ1) is 15.7. The Morgan fingerprint density at radius 2 is 2.00 bits per heavy atom. The van der Waals surface area contributed by atoms with Crippen molar-refractivity contribution in [3.8, 4) is 0 Å². The number of hydrogen-bond donors (Lipinski definition) is 1. The minimum absolute atomic E-state index is 0.214. The molecule has 5 nitrogen and oxygen atoms in total. The maximum absolute atomic E-state index is 13.4. The van der Waals surface area contributed by atoms with Gasteiger partial charge in [0.2, 0.25) is 0 Å². The Bertz CT molecular complexity index is 956. The number of allylic oxidation sites excluding steroid dienone is 2. The lowest BCUT2D eigenvalue weighted by Crippen LogP contribution is -2.41. The average Bonchev–Trinajstić information content (AvgIpc) is 3.25. The van der Waals surface area contributed by atoms with Crippen molar-refractivity contribution in [1.82, 2.24) is 15.1 Å². The summed E-state index contributed by atoms with van der Waals surface area (Å²) in [5, 5.41) is 3.42. The van der Waals surface area contributed by atoms with E-state index in [1.54, 1.807) is 0 Å². The summed E-state index contributed by atoms with van der Waals surface area (Å²) in [6.07, 6.45) is 11.0. The molecule has 1 N–H and O–H groups in total. The second-order valence-corrected chi connectivity index (χ2v) is 8.87. The third-order valence-corrected chi connectivity index (χ3v) is 6.69. The largest absolute Gasteiger partial charge is 0.332 e. The van der Waals surface area contributed by atoms with Crippen LogP contribution in [0.5, 0.6) is 0 Å². The molecule has 0 atom stereocenters. The highest BCUT2D eigenvalue weighted by Gasteiger charge is 2.29. The molecule has 0 spiro atoms. The van der Waals surface area contributed by atoms with Gasteiger partial charge in [0.25, 0.3) is 0 Å². The molecule has 0 unspecified atom stereocenters. The third-order valence-electron chi connectivity index (χ3n) is 6.69. The molecule has 0 radical (unpaired) electrons. The van der Waals surface area contributed by atoms with Gasteiger partial charge >= 0.3 is 0 Å². The molecular formula is C27H36N4O. The number of carbonyl (C=O) groups excluding carboxylic acids is 1. The summed E-state index contributed by atoms with van der Waals surface area (Å²) in [6.45, 7) is 9.68. The number of amidine groups is 1. The first-order valence-corrected chi connectivity index (χ1v) is 12.0. The highest BCUT2D eigenvalue weighted by molar-refractivity contribution is 5.99. The normalized spacial score (nSPS) is 19.4. The van der Waals surface area contributed by atoms with Crippen LogP contribution in [0.4, 0.5) is 0 Å². The quantitative estimate of drug-likeness (QED) is 0.643. The molecule has 0 amide bonds. The topological polar surface area (TPSA) is 47.9 Å². The van der Waals surface area contributed by atoms with E-state index in [1.807, 2.05) is 0 Å². The lowest BCUT2D eigenvalue weighted by Gasteiger charge is -2.35. The molecule has 0 bridgehead atoms. The Morgan fingerprint density at radius 3 is 2.72 bits per heavy atom. The molecular weight excluding hydrogens is 396 g/mol. The zero-order valence-corrected chi connectivity index (χ0v) is 19.6. The molecule has 0 saturated heterocycles. The number of nitrogens with zero attached hydrogens (tertiary/aromatic N) is 3. The Labute approximate surface area is 192 Å². The van der Waals surface area contributed by atoms with Gasteiger partial charge in [-0.1, -0.05) is 49.4 Å². The minimum atomic E-state index is 0.214. The van der Waals surface area contributed by atoms with E-state index in [1.165, 1.54) is 22.4 Å². The molecule has 170 valence electrons. The molecule has 0 fully saturated rings. The zero-order valence-electron chi connectivity index (χ0n) is 19.6. The number of Topliss-reactive ketones (excluding diaryl/α,β-unsaturated/α-hetero) is 1. The average molecular weight is 433 g/mol. The molecule has 1 aliphatic carbocycles.